The molecule has 0 aromatic heterocycles. The molecule has 0 aliphatic rings. The first-order valence-corrected chi connectivity index (χ1v) is 13.8. The molecule has 2 amide bonds. The summed E-state index contributed by atoms with van der Waals surface area (Å²) in [6.45, 7) is 3.35. The minimum Gasteiger partial charge on any atom is -0.497 e. The summed E-state index contributed by atoms with van der Waals surface area (Å²) in [5.74, 6) is 0.472. The summed E-state index contributed by atoms with van der Waals surface area (Å²) >= 11 is 3.14. The molecule has 14 heteroatoms. The van der Waals surface area contributed by atoms with Crippen LogP contribution in [0.4, 0.5) is 16.2 Å². The molecule has 0 bridgehead atoms. The van der Waals surface area contributed by atoms with E-state index < -0.39 is 44.9 Å². The number of halogens is 1. The van der Waals surface area contributed by atoms with Crippen LogP contribution in [0.2, 0.25) is 0 Å². The van der Waals surface area contributed by atoms with Crippen molar-refractivity contribution in [3.05, 3.63) is 102 Å². The van der Waals surface area contributed by atoms with Crippen LogP contribution in [0.25, 0.3) is 0 Å². The van der Waals surface area contributed by atoms with Crippen LogP contribution in [0.3, 0.4) is 0 Å². The standard InChI is InChI=1S/C29H31BrN4O9/c1-29(2,20-14-22(41-3)17-23(15-20)42-4)43-28(36)32-24(12-18-8-6-5-7-9-18)27(35)31-11-10-19-13-21(33(37)38)16-25(26(19)30)34(39)40/h5-9,13-17,24H,10-12H2,1-4H3,(H,31,35)(H,32,36)/t24-/m0/s1. The van der Waals surface area contributed by atoms with E-state index >= 15 is 0 Å². The highest BCUT2D eigenvalue weighted by Crippen LogP contribution is 2.34. The van der Waals surface area contributed by atoms with Crippen molar-refractivity contribution in [2.45, 2.75) is 38.3 Å². The number of hydrogen-bond donors (Lipinski definition) is 2. The lowest BCUT2D eigenvalue weighted by molar-refractivity contribution is -0.394. The van der Waals surface area contributed by atoms with Crippen LogP contribution in [-0.4, -0.2) is 48.7 Å². The van der Waals surface area contributed by atoms with E-state index in [4.69, 9.17) is 14.2 Å². The maximum Gasteiger partial charge on any atom is 0.408 e. The molecule has 0 saturated carbocycles. The van der Waals surface area contributed by atoms with E-state index in [-0.39, 0.29) is 29.4 Å². The normalized spacial score (nSPS) is 11.7. The monoisotopic (exact) mass is 658 g/mol. The summed E-state index contributed by atoms with van der Waals surface area (Å²) < 4.78 is 16.4. The van der Waals surface area contributed by atoms with Crippen molar-refractivity contribution in [1.29, 1.82) is 0 Å². The van der Waals surface area contributed by atoms with Crippen LogP contribution in [0, 0.1) is 20.2 Å². The van der Waals surface area contributed by atoms with E-state index in [0.29, 0.717) is 17.1 Å². The van der Waals surface area contributed by atoms with Crippen LogP contribution in [0.1, 0.15) is 30.5 Å². The van der Waals surface area contributed by atoms with E-state index in [1.54, 1.807) is 56.3 Å². The van der Waals surface area contributed by atoms with Crippen molar-refractivity contribution in [3.63, 3.8) is 0 Å². The molecule has 0 aliphatic heterocycles. The molecular formula is C29H31BrN4O9. The van der Waals surface area contributed by atoms with Crippen molar-refractivity contribution < 1.29 is 33.6 Å². The molecule has 228 valence electrons. The molecule has 3 rings (SSSR count). The molecule has 0 aliphatic carbocycles. The van der Waals surface area contributed by atoms with E-state index in [9.17, 15) is 29.8 Å². The summed E-state index contributed by atoms with van der Waals surface area (Å²) in [4.78, 5) is 47.5. The number of benzene rings is 3. The SMILES string of the molecule is COc1cc(OC)cc(C(C)(C)OC(=O)N[C@@H](Cc2ccccc2)C(=O)NCCc2cc([N+](=O)[O-])cc([N+](=O)[O-])c2Br)c1. The Balaban J connectivity index is 1.76. The molecule has 2 N–H and O–H groups in total. The number of hydrogen-bond acceptors (Lipinski definition) is 9. The van der Waals surface area contributed by atoms with Crippen molar-refractivity contribution in [2.24, 2.45) is 0 Å². The van der Waals surface area contributed by atoms with Gasteiger partial charge in [-0.2, -0.15) is 0 Å². The quantitative estimate of drug-likeness (QED) is 0.184. The first-order chi connectivity index (χ1) is 20.3. The molecule has 0 spiro atoms. The Morgan fingerprint density at radius 3 is 2.14 bits per heavy atom. The van der Waals surface area contributed by atoms with Crippen molar-refractivity contribution in [2.75, 3.05) is 20.8 Å². The number of nitro groups is 2. The Hall–Kier alpha value is -4.72. The zero-order chi connectivity index (χ0) is 31.7. The number of alkyl carbamates (subject to hydrolysis) is 1. The molecule has 13 nitrogen and oxygen atoms in total. The van der Waals surface area contributed by atoms with E-state index in [1.807, 2.05) is 6.07 Å². The molecular weight excluding hydrogens is 628 g/mol. The second kappa shape index (κ2) is 14.4. The third-order valence-electron chi connectivity index (χ3n) is 6.50. The third-order valence-corrected chi connectivity index (χ3v) is 7.42. The fraction of sp³-hybridized carbons (Fsp3) is 0.310. The molecule has 3 aromatic carbocycles. The number of carbonyl (C=O) groups is 2. The first-order valence-electron chi connectivity index (χ1n) is 13.0. The highest BCUT2D eigenvalue weighted by molar-refractivity contribution is 9.10. The maximum absolute atomic E-state index is 13.3. The Bertz CT molecular complexity index is 1480. The van der Waals surface area contributed by atoms with Crippen LogP contribution in [-0.2, 0) is 28.0 Å². The molecule has 0 fully saturated rings. The van der Waals surface area contributed by atoms with Crippen LogP contribution >= 0.6 is 15.9 Å². The van der Waals surface area contributed by atoms with Crippen LogP contribution in [0.15, 0.2) is 65.1 Å². The van der Waals surface area contributed by atoms with Gasteiger partial charge in [-0.3, -0.25) is 25.0 Å². The van der Waals surface area contributed by atoms with Gasteiger partial charge in [0.05, 0.1) is 34.6 Å². The van der Waals surface area contributed by atoms with E-state index in [1.165, 1.54) is 20.3 Å². The number of carbonyl (C=O) groups excluding carboxylic acids is 2. The van der Waals surface area contributed by atoms with Gasteiger partial charge in [0.25, 0.3) is 11.4 Å². The lowest BCUT2D eigenvalue weighted by Crippen LogP contribution is -2.49. The highest BCUT2D eigenvalue weighted by Gasteiger charge is 2.30. The lowest BCUT2D eigenvalue weighted by atomic mass is 9.97. The molecule has 3 aromatic rings. The topological polar surface area (TPSA) is 172 Å². The van der Waals surface area contributed by atoms with Gasteiger partial charge in [0.15, 0.2) is 0 Å². The summed E-state index contributed by atoms with van der Waals surface area (Å²) in [5.41, 5.74) is -0.403. The second-order valence-electron chi connectivity index (χ2n) is 9.88. The van der Waals surface area contributed by atoms with E-state index in [0.717, 1.165) is 11.6 Å². The summed E-state index contributed by atoms with van der Waals surface area (Å²) in [6, 6.07) is 15.2. The minimum absolute atomic E-state index is 0.0210. The largest absolute Gasteiger partial charge is 0.497 e. The maximum atomic E-state index is 13.3. The van der Waals surface area contributed by atoms with Gasteiger partial charge in [-0.15, -0.1) is 0 Å². The zero-order valence-corrected chi connectivity index (χ0v) is 25.5. The number of ether oxygens (including phenoxy) is 3. The predicted molar refractivity (Wildman–Crippen MR) is 160 cm³/mol. The minimum atomic E-state index is -1.14. The number of amides is 2. The molecule has 1 atom stereocenters. The van der Waals surface area contributed by atoms with Gasteiger partial charge in [-0.05, 0) is 59.5 Å². The molecule has 0 radical (unpaired) electrons. The van der Waals surface area contributed by atoms with Gasteiger partial charge in [-0.1, -0.05) is 30.3 Å². The number of methoxy groups -OCH3 is 2. The van der Waals surface area contributed by atoms with Crippen molar-refractivity contribution >= 4 is 39.3 Å². The Morgan fingerprint density at radius 1 is 0.953 bits per heavy atom. The van der Waals surface area contributed by atoms with Gasteiger partial charge in [0.1, 0.15) is 23.1 Å². The third kappa shape index (κ3) is 8.88. The Labute approximate surface area is 255 Å². The first kappa shape index (κ1) is 32.8. The number of non-ortho nitro benzene ring substituents is 1. The van der Waals surface area contributed by atoms with Gasteiger partial charge in [0.2, 0.25) is 5.91 Å². The Morgan fingerprint density at radius 2 is 1.58 bits per heavy atom. The van der Waals surface area contributed by atoms with Gasteiger partial charge in [-0.25, -0.2) is 4.79 Å². The van der Waals surface area contributed by atoms with Gasteiger partial charge >= 0.3 is 6.09 Å². The number of nitrogens with zero attached hydrogens (tertiary/aromatic N) is 2. The fourth-order valence-electron chi connectivity index (χ4n) is 4.19. The van der Waals surface area contributed by atoms with Crippen LogP contribution in [0.5, 0.6) is 11.5 Å². The predicted octanol–water partition coefficient (Wildman–Crippen LogP) is 5.21. The average molecular weight is 659 g/mol. The smallest absolute Gasteiger partial charge is 0.408 e. The second-order valence-corrected chi connectivity index (χ2v) is 10.7. The molecule has 0 unspecified atom stereocenters. The van der Waals surface area contributed by atoms with E-state index in [2.05, 4.69) is 26.6 Å². The van der Waals surface area contributed by atoms with Crippen molar-refractivity contribution in [3.8, 4) is 11.5 Å². The molecule has 0 heterocycles. The molecule has 43 heavy (non-hydrogen) atoms. The number of nitro benzene ring substituents is 2. The zero-order valence-electron chi connectivity index (χ0n) is 23.9. The number of nitrogens with one attached hydrogen (secondary N) is 2. The summed E-state index contributed by atoms with van der Waals surface area (Å²) in [6.07, 6.45) is -0.664. The number of rotatable bonds is 13. The molecule has 0 saturated heterocycles. The van der Waals surface area contributed by atoms with Gasteiger partial charge < -0.3 is 24.8 Å². The lowest BCUT2D eigenvalue weighted by Gasteiger charge is -2.28. The highest BCUT2D eigenvalue weighted by atomic mass is 79.9. The van der Waals surface area contributed by atoms with Crippen molar-refractivity contribution in [1.82, 2.24) is 10.6 Å². The summed E-state index contributed by atoms with van der Waals surface area (Å²) in [5, 5.41) is 28.0. The Kier molecular flexibility index (Phi) is 11.0. The van der Waals surface area contributed by atoms with Gasteiger partial charge in [0, 0.05) is 30.7 Å². The van der Waals surface area contributed by atoms with Crippen LogP contribution < -0.4 is 20.1 Å². The summed E-state index contributed by atoms with van der Waals surface area (Å²) in [7, 11) is 3.01. The average Bonchev–Trinajstić information content (AvgIpc) is 2.97. The fourth-order valence-corrected chi connectivity index (χ4v) is 4.76.